The van der Waals surface area contributed by atoms with Gasteiger partial charge in [0.25, 0.3) is 0 Å². The zero-order chi connectivity index (χ0) is 13.5. The van der Waals surface area contributed by atoms with Crippen LogP contribution in [0.25, 0.3) is 0 Å². The lowest BCUT2D eigenvalue weighted by atomic mass is 10.1. The van der Waals surface area contributed by atoms with E-state index in [1.54, 1.807) is 7.05 Å². The summed E-state index contributed by atoms with van der Waals surface area (Å²) in [6.45, 7) is 5.95. The second-order valence-electron chi connectivity index (χ2n) is 4.40. The number of nitrogens with zero attached hydrogens (tertiary/aromatic N) is 1. The molecule has 1 aromatic rings. The Balaban J connectivity index is 2.68. The van der Waals surface area contributed by atoms with Crippen molar-refractivity contribution in [3.8, 4) is 0 Å². The van der Waals surface area contributed by atoms with Crippen LogP contribution in [-0.4, -0.2) is 32.1 Å². The summed E-state index contributed by atoms with van der Waals surface area (Å²) >= 11 is 0. The summed E-state index contributed by atoms with van der Waals surface area (Å²) in [5.74, 6) is -0.293. The molecule has 1 atom stereocenters. The van der Waals surface area contributed by atoms with Crippen LogP contribution in [0.5, 0.6) is 0 Å². The number of likely N-dealkylation sites (N-methyl/N-ethyl adjacent to an activating group) is 1. The molecule has 1 amide bonds. The molecule has 0 fully saturated rings. The first kappa shape index (κ1) is 14.5. The molecule has 1 rings (SSSR count). The van der Waals surface area contributed by atoms with E-state index >= 15 is 0 Å². The summed E-state index contributed by atoms with van der Waals surface area (Å²) < 4.78 is 0. The summed E-state index contributed by atoms with van der Waals surface area (Å²) in [6, 6.07) is 8.02. The van der Waals surface area contributed by atoms with Crippen LogP contribution in [0.4, 0.5) is 5.69 Å². The maximum atomic E-state index is 11.2. The Morgan fingerprint density at radius 3 is 2.61 bits per heavy atom. The molecule has 0 radical (unpaired) electrons. The van der Waals surface area contributed by atoms with Crippen molar-refractivity contribution in [3.05, 3.63) is 29.8 Å². The van der Waals surface area contributed by atoms with Crippen molar-refractivity contribution in [1.82, 2.24) is 5.32 Å². The molecule has 0 aliphatic carbocycles. The predicted octanol–water partition coefficient (Wildman–Crippen LogP) is 1.28. The molecule has 0 bridgehead atoms. The van der Waals surface area contributed by atoms with Gasteiger partial charge in [-0.3, -0.25) is 4.79 Å². The molecule has 0 spiro atoms. The number of anilines is 1. The molecule has 100 valence electrons. The fourth-order valence-electron chi connectivity index (χ4n) is 2.08. The van der Waals surface area contributed by atoms with Crippen LogP contribution >= 0.6 is 0 Å². The van der Waals surface area contributed by atoms with Crippen LogP contribution in [0.15, 0.2) is 24.3 Å². The number of nitrogens with one attached hydrogen (secondary N) is 1. The van der Waals surface area contributed by atoms with Gasteiger partial charge in [-0.1, -0.05) is 18.2 Å². The molecular formula is C14H23N3O. The number of hydrogen-bond donors (Lipinski definition) is 2. The highest BCUT2D eigenvalue weighted by Gasteiger charge is 2.14. The number of hydrogen-bond acceptors (Lipinski definition) is 3. The van der Waals surface area contributed by atoms with Crippen LogP contribution in [-0.2, 0) is 4.79 Å². The van der Waals surface area contributed by atoms with Gasteiger partial charge in [0, 0.05) is 18.8 Å². The minimum Gasteiger partial charge on any atom is -0.372 e. The highest BCUT2D eigenvalue weighted by atomic mass is 16.1. The van der Waals surface area contributed by atoms with Gasteiger partial charge in [0.05, 0.1) is 6.04 Å². The molecule has 0 aliphatic rings. The van der Waals surface area contributed by atoms with E-state index in [0.29, 0.717) is 6.42 Å². The Labute approximate surface area is 109 Å². The smallest absolute Gasteiger partial charge is 0.234 e. The first-order chi connectivity index (χ1) is 8.60. The molecule has 1 unspecified atom stereocenters. The Bertz CT molecular complexity index is 392. The van der Waals surface area contributed by atoms with Crippen molar-refractivity contribution in [1.29, 1.82) is 0 Å². The minimum absolute atomic E-state index is 0.261. The largest absolute Gasteiger partial charge is 0.372 e. The van der Waals surface area contributed by atoms with E-state index < -0.39 is 0 Å². The van der Waals surface area contributed by atoms with Crippen LogP contribution in [0.1, 0.15) is 18.9 Å². The number of para-hydroxylation sites is 1. The molecule has 0 saturated heterocycles. The van der Waals surface area contributed by atoms with E-state index in [1.807, 2.05) is 12.1 Å². The van der Waals surface area contributed by atoms with Crippen LogP contribution in [0.3, 0.4) is 0 Å². The van der Waals surface area contributed by atoms with Gasteiger partial charge >= 0.3 is 0 Å². The molecule has 18 heavy (non-hydrogen) atoms. The lowest BCUT2D eigenvalue weighted by Crippen LogP contribution is -2.42. The standard InChI is InChI=1S/C14H23N3O/c1-4-17(10-9-12(16-3)14(15)18)13-8-6-5-7-11(13)2/h5-8,12,16H,4,9-10H2,1-3H3,(H2,15,18). The predicted molar refractivity (Wildman–Crippen MR) is 75.7 cm³/mol. The van der Waals surface area contributed by atoms with E-state index in [9.17, 15) is 4.79 Å². The van der Waals surface area contributed by atoms with Gasteiger partial charge in [-0.05, 0) is 38.9 Å². The summed E-state index contributed by atoms with van der Waals surface area (Å²) in [4.78, 5) is 13.4. The van der Waals surface area contributed by atoms with Crippen molar-refractivity contribution < 1.29 is 4.79 Å². The second kappa shape index (κ2) is 7.01. The van der Waals surface area contributed by atoms with Crippen molar-refractivity contribution in [2.45, 2.75) is 26.3 Å². The van der Waals surface area contributed by atoms with Gasteiger partial charge in [-0.25, -0.2) is 0 Å². The fourth-order valence-corrected chi connectivity index (χ4v) is 2.08. The summed E-state index contributed by atoms with van der Waals surface area (Å²) in [6.07, 6.45) is 0.716. The van der Waals surface area contributed by atoms with Gasteiger partial charge in [0.15, 0.2) is 0 Å². The number of amides is 1. The monoisotopic (exact) mass is 249 g/mol. The van der Waals surface area contributed by atoms with E-state index in [-0.39, 0.29) is 11.9 Å². The van der Waals surface area contributed by atoms with Crippen LogP contribution in [0.2, 0.25) is 0 Å². The molecular weight excluding hydrogens is 226 g/mol. The maximum absolute atomic E-state index is 11.2. The van der Waals surface area contributed by atoms with Gasteiger partial charge in [-0.15, -0.1) is 0 Å². The van der Waals surface area contributed by atoms with E-state index in [0.717, 1.165) is 13.1 Å². The molecule has 1 aromatic carbocycles. The number of carbonyl (C=O) groups is 1. The Morgan fingerprint density at radius 1 is 1.44 bits per heavy atom. The van der Waals surface area contributed by atoms with Crippen molar-refractivity contribution >= 4 is 11.6 Å². The number of carbonyl (C=O) groups excluding carboxylic acids is 1. The van der Waals surface area contributed by atoms with E-state index in [2.05, 4.69) is 36.2 Å². The number of rotatable bonds is 7. The van der Waals surface area contributed by atoms with Gasteiger partial charge in [-0.2, -0.15) is 0 Å². The molecule has 3 N–H and O–H groups in total. The number of aryl methyl sites for hydroxylation is 1. The molecule has 0 saturated carbocycles. The average Bonchev–Trinajstić information content (AvgIpc) is 2.36. The Morgan fingerprint density at radius 2 is 2.11 bits per heavy atom. The van der Waals surface area contributed by atoms with E-state index in [4.69, 9.17) is 5.73 Å². The first-order valence-electron chi connectivity index (χ1n) is 6.37. The van der Waals surface area contributed by atoms with Gasteiger partial charge < -0.3 is 16.0 Å². The third-order valence-electron chi connectivity index (χ3n) is 3.22. The summed E-state index contributed by atoms with van der Waals surface area (Å²) in [7, 11) is 1.76. The third kappa shape index (κ3) is 3.74. The first-order valence-corrected chi connectivity index (χ1v) is 6.37. The van der Waals surface area contributed by atoms with Crippen molar-refractivity contribution in [2.75, 3.05) is 25.0 Å². The van der Waals surface area contributed by atoms with Gasteiger partial charge in [0.2, 0.25) is 5.91 Å². The lowest BCUT2D eigenvalue weighted by molar-refractivity contribution is -0.120. The van der Waals surface area contributed by atoms with Crippen molar-refractivity contribution in [2.24, 2.45) is 5.73 Å². The SMILES string of the molecule is CCN(CCC(NC)C(N)=O)c1ccccc1C. The van der Waals surface area contributed by atoms with Crippen molar-refractivity contribution in [3.63, 3.8) is 0 Å². The summed E-state index contributed by atoms with van der Waals surface area (Å²) in [5, 5.41) is 2.95. The molecule has 0 aliphatic heterocycles. The van der Waals surface area contributed by atoms with Crippen LogP contribution < -0.4 is 16.0 Å². The summed E-state index contributed by atoms with van der Waals surface area (Å²) in [5.41, 5.74) is 7.79. The molecule has 4 nitrogen and oxygen atoms in total. The minimum atomic E-state index is -0.293. The third-order valence-corrected chi connectivity index (χ3v) is 3.22. The van der Waals surface area contributed by atoms with E-state index in [1.165, 1.54) is 11.3 Å². The molecule has 0 aromatic heterocycles. The zero-order valence-corrected chi connectivity index (χ0v) is 11.4. The highest BCUT2D eigenvalue weighted by Crippen LogP contribution is 2.19. The lowest BCUT2D eigenvalue weighted by Gasteiger charge is -2.26. The quantitative estimate of drug-likeness (QED) is 0.765. The highest BCUT2D eigenvalue weighted by molar-refractivity contribution is 5.79. The normalized spacial score (nSPS) is 12.2. The fraction of sp³-hybridized carbons (Fsp3) is 0.500. The second-order valence-corrected chi connectivity index (χ2v) is 4.40. The average molecular weight is 249 g/mol. The maximum Gasteiger partial charge on any atom is 0.234 e. The van der Waals surface area contributed by atoms with Crippen LogP contribution in [0, 0.1) is 6.92 Å². The number of benzene rings is 1. The Kier molecular flexibility index (Phi) is 5.65. The molecule has 4 heteroatoms. The topological polar surface area (TPSA) is 58.4 Å². The number of nitrogens with two attached hydrogens (primary N) is 1. The number of primary amides is 1. The Hall–Kier alpha value is -1.55. The molecule has 0 heterocycles. The zero-order valence-electron chi connectivity index (χ0n) is 11.4. The van der Waals surface area contributed by atoms with Gasteiger partial charge in [0.1, 0.15) is 0 Å².